The monoisotopic (exact) mass is 434 g/mol. The van der Waals surface area contributed by atoms with E-state index in [0.717, 1.165) is 55.9 Å². The molecular formula is C25H35FO3S. The lowest BCUT2D eigenvalue weighted by molar-refractivity contribution is 0.158. The maximum Gasteiger partial charge on any atom is 0.210 e. The van der Waals surface area contributed by atoms with Gasteiger partial charge in [-0.1, -0.05) is 55.4 Å². The molecule has 5 heteroatoms. The molecule has 3 aliphatic carbocycles. The highest BCUT2D eigenvalue weighted by atomic mass is 32.2. The molecule has 2 fully saturated rings. The fourth-order valence-electron chi connectivity index (χ4n) is 5.56. The molecule has 3 aliphatic rings. The molecule has 30 heavy (non-hydrogen) atoms. The Labute approximate surface area is 181 Å². The number of hydrogen-bond donors (Lipinski definition) is 1. The summed E-state index contributed by atoms with van der Waals surface area (Å²) < 4.78 is 36.5. The Kier molecular flexibility index (Phi) is 6.93. The summed E-state index contributed by atoms with van der Waals surface area (Å²) >= 11 is 0. The zero-order valence-corrected chi connectivity index (χ0v) is 19.3. The molecule has 3 rings (SSSR count). The van der Waals surface area contributed by atoms with Gasteiger partial charge in [0.1, 0.15) is 0 Å². The molecule has 0 spiro atoms. The van der Waals surface area contributed by atoms with Gasteiger partial charge in [-0.2, -0.15) is 4.39 Å². The molecule has 0 aromatic rings. The van der Waals surface area contributed by atoms with Crippen molar-refractivity contribution in [1.82, 2.24) is 0 Å². The smallest absolute Gasteiger partial charge is 0.210 e. The Balaban J connectivity index is 1.77. The first-order valence-corrected chi connectivity index (χ1v) is 12.9. The van der Waals surface area contributed by atoms with Crippen LogP contribution in [-0.2, 0) is 9.84 Å². The third-order valence-electron chi connectivity index (χ3n) is 7.32. The van der Waals surface area contributed by atoms with Gasteiger partial charge in [0.05, 0.1) is 6.10 Å². The molecule has 0 amide bonds. The van der Waals surface area contributed by atoms with Gasteiger partial charge in [0.25, 0.3) is 0 Å². The molecule has 0 heterocycles. The average molecular weight is 435 g/mol. The average Bonchev–Trinajstić information content (AvgIpc) is 3.03. The number of rotatable bonds is 5. The number of halogens is 1. The third-order valence-corrected chi connectivity index (χ3v) is 8.19. The summed E-state index contributed by atoms with van der Waals surface area (Å²) in [5, 5.41) is 8.95. The van der Waals surface area contributed by atoms with Crippen LogP contribution in [0.4, 0.5) is 4.39 Å². The molecule has 2 saturated carbocycles. The van der Waals surface area contributed by atoms with E-state index in [-0.39, 0.29) is 17.4 Å². The Morgan fingerprint density at radius 1 is 1.40 bits per heavy atom. The van der Waals surface area contributed by atoms with Crippen molar-refractivity contribution >= 4 is 9.84 Å². The fourth-order valence-corrected chi connectivity index (χ4v) is 5.96. The van der Waals surface area contributed by atoms with Crippen molar-refractivity contribution in [3.63, 3.8) is 0 Å². The summed E-state index contributed by atoms with van der Waals surface area (Å²) in [5.74, 6) is 0.546. The Hall–Kier alpha value is -1.46. The zero-order chi connectivity index (χ0) is 22.1. The summed E-state index contributed by atoms with van der Waals surface area (Å²) in [6, 6.07) is 0. The number of aliphatic hydroxyl groups is 1. The second-order valence-corrected chi connectivity index (χ2v) is 11.5. The summed E-state index contributed by atoms with van der Waals surface area (Å²) in [4.78, 5) is 0. The van der Waals surface area contributed by atoms with Gasteiger partial charge in [-0.15, -0.1) is 0 Å². The maximum atomic E-state index is 13.8. The number of allylic oxidation sites excluding steroid dienone is 7. The van der Waals surface area contributed by atoms with Gasteiger partial charge in [-0.25, -0.2) is 8.42 Å². The van der Waals surface area contributed by atoms with Crippen LogP contribution in [0, 0.1) is 17.3 Å². The van der Waals surface area contributed by atoms with E-state index in [1.807, 2.05) is 0 Å². The predicted molar refractivity (Wildman–Crippen MR) is 121 cm³/mol. The van der Waals surface area contributed by atoms with E-state index in [1.165, 1.54) is 17.2 Å². The molecule has 0 radical (unpaired) electrons. The van der Waals surface area contributed by atoms with E-state index in [1.54, 1.807) is 0 Å². The van der Waals surface area contributed by atoms with Crippen LogP contribution >= 0.6 is 0 Å². The van der Waals surface area contributed by atoms with E-state index < -0.39 is 15.0 Å². The van der Waals surface area contributed by atoms with Gasteiger partial charge >= 0.3 is 0 Å². The van der Waals surface area contributed by atoms with Gasteiger partial charge in [0.15, 0.2) is 0 Å². The second-order valence-electron chi connectivity index (χ2n) is 9.57. The maximum absolute atomic E-state index is 13.8. The van der Waals surface area contributed by atoms with Crippen molar-refractivity contribution in [1.29, 1.82) is 0 Å². The van der Waals surface area contributed by atoms with Gasteiger partial charge < -0.3 is 5.11 Å². The Bertz CT molecular complexity index is 922. The Morgan fingerprint density at radius 3 is 2.83 bits per heavy atom. The quantitative estimate of drug-likeness (QED) is 0.543. The number of sulfone groups is 1. The molecule has 166 valence electrons. The highest BCUT2D eigenvalue weighted by molar-refractivity contribution is 7.94. The van der Waals surface area contributed by atoms with Crippen molar-refractivity contribution in [2.24, 2.45) is 17.3 Å². The summed E-state index contributed by atoms with van der Waals surface area (Å²) in [6.45, 7) is 8.54. The Morgan fingerprint density at radius 2 is 2.13 bits per heavy atom. The minimum absolute atomic E-state index is 0.0422. The topological polar surface area (TPSA) is 54.4 Å². The molecule has 4 atom stereocenters. The highest BCUT2D eigenvalue weighted by Crippen LogP contribution is 2.57. The fraction of sp³-hybridized carbons (Fsp3) is 0.600. The van der Waals surface area contributed by atoms with Crippen LogP contribution in [0.3, 0.4) is 0 Å². The van der Waals surface area contributed by atoms with Gasteiger partial charge in [-0.05, 0) is 80.3 Å². The second kappa shape index (κ2) is 8.96. The minimum Gasteiger partial charge on any atom is -0.393 e. The van der Waals surface area contributed by atoms with Gasteiger partial charge in [0.2, 0.25) is 15.0 Å². The molecule has 0 aromatic carbocycles. The van der Waals surface area contributed by atoms with Crippen LogP contribution in [0.1, 0.15) is 65.2 Å². The molecule has 2 unspecified atom stereocenters. The van der Waals surface area contributed by atoms with Crippen LogP contribution in [0.15, 0.2) is 58.3 Å². The molecule has 1 N–H and O–H groups in total. The van der Waals surface area contributed by atoms with E-state index in [9.17, 15) is 17.9 Å². The standard InChI is InChI=1S/C25H35FO3S/c1-17-7-11-21(27)16-20(17)10-9-19-6-5-15-25(3)22(12-13-23(19)25)18(2)8-14-24(26)30(4,28)29/h9-10,12,14,18,21,23,27H,1,5-8,11,13,15-16H2,2-4H3/b19-9+,20-10-,24-14+/t18?,21?,23-,25+/m0/s1. The van der Waals surface area contributed by atoms with Crippen molar-refractivity contribution in [3.05, 3.63) is 58.3 Å². The zero-order valence-electron chi connectivity index (χ0n) is 18.5. The third kappa shape index (κ3) is 4.88. The first kappa shape index (κ1) is 23.2. The van der Waals surface area contributed by atoms with E-state index in [2.05, 4.69) is 38.7 Å². The summed E-state index contributed by atoms with van der Waals surface area (Å²) in [6.07, 6.45) is 15.6. The van der Waals surface area contributed by atoms with Gasteiger partial charge in [0, 0.05) is 6.26 Å². The molecule has 0 saturated heterocycles. The van der Waals surface area contributed by atoms with Gasteiger partial charge in [-0.3, -0.25) is 0 Å². The molecule has 0 aliphatic heterocycles. The largest absolute Gasteiger partial charge is 0.393 e. The molecule has 0 aromatic heterocycles. The van der Waals surface area contributed by atoms with Crippen molar-refractivity contribution in [2.45, 2.75) is 71.3 Å². The van der Waals surface area contributed by atoms with Crippen LogP contribution in [0.2, 0.25) is 0 Å². The van der Waals surface area contributed by atoms with E-state index >= 15 is 0 Å². The minimum atomic E-state index is -3.76. The number of fused-ring (bicyclic) bond motifs is 1. The van der Waals surface area contributed by atoms with Crippen LogP contribution < -0.4 is 0 Å². The number of aliphatic hydroxyl groups excluding tert-OH is 1. The molecule has 0 bridgehead atoms. The number of hydrogen-bond acceptors (Lipinski definition) is 3. The lowest BCUT2D eigenvalue weighted by Crippen LogP contribution is -2.32. The first-order chi connectivity index (χ1) is 14.0. The lowest BCUT2D eigenvalue weighted by atomic mass is 9.62. The van der Waals surface area contributed by atoms with E-state index in [0.29, 0.717) is 18.8 Å². The normalized spacial score (nSPS) is 34.2. The predicted octanol–water partition coefficient (Wildman–Crippen LogP) is 5.96. The van der Waals surface area contributed by atoms with Crippen molar-refractivity contribution in [2.75, 3.05) is 6.26 Å². The summed E-state index contributed by atoms with van der Waals surface area (Å²) in [5.41, 5.74) is 5.12. The SMILES string of the molecule is C=C1CCC(O)C/C1=C/C=C1\CCC[C@]2(C)C(C(C)C/C=C(\F)S(C)(=O)=O)=CC[C@@H]12. The van der Waals surface area contributed by atoms with Crippen LogP contribution in [0.5, 0.6) is 0 Å². The lowest BCUT2D eigenvalue weighted by Gasteiger charge is -2.42. The van der Waals surface area contributed by atoms with Crippen LogP contribution in [-0.4, -0.2) is 25.9 Å². The van der Waals surface area contributed by atoms with Crippen molar-refractivity contribution < 1.29 is 17.9 Å². The molecule has 3 nitrogen and oxygen atoms in total. The van der Waals surface area contributed by atoms with Crippen LogP contribution in [0.25, 0.3) is 0 Å². The molecular weight excluding hydrogens is 399 g/mol. The van der Waals surface area contributed by atoms with E-state index in [4.69, 9.17) is 0 Å². The summed E-state index contributed by atoms with van der Waals surface area (Å²) in [7, 11) is -3.76. The highest BCUT2D eigenvalue weighted by Gasteiger charge is 2.45. The first-order valence-electron chi connectivity index (χ1n) is 11.0. The van der Waals surface area contributed by atoms with Crippen molar-refractivity contribution in [3.8, 4) is 0 Å².